The van der Waals surface area contributed by atoms with Crippen LogP contribution in [0.3, 0.4) is 0 Å². The number of nitrogens with one attached hydrogen (secondary N) is 1. The predicted molar refractivity (Wildman–Crippen MR) is 82.5 cm³/mol. The number of nitrogens with zero attached hydrogens (tertiary/aromatic N) is 2. The van der Waals surface area contributed by atoms with Crippen LogP contribution in [0, 0.1) is 11.8 Å². The Morgan fingerprint density at radius 1 is 1.28 bits per heavy atom. The van der Waals surface area contributed by atoms with Crippen LogP contribution < -0.4 is 5.32 Å². The summed E-state index contributed by atoms with van der Waals surface area (Å²) in [6, 6.07) is -1.09. The van der Waals surface area contributed by atoms with Crippen molar-refractivity contribution in [3.05, 3.63) is 11.1 Å². The van der Waals surface area contributed by atoms with E-state index >= 15 is 0 Å². The average Bonchev–Trinajstić information content (AvgIpc) is 3.11. The molecule has 1 N–H and O–H groups in total. The van der Waals surface area contributed by atoms with Crippen LogP contribution in [0.4, 0.5) is 18.3 Å². The number of alkyl halides is 3. The maximum absolute atomic E-state index is 12.5. The van der Waals surface area contributed by atoms with Crippen LogP contribution in [-0.4, -0.2) is 33.6 Å². The lowest BCUT2D eigenvalue weighted by molar-refractivity contribution is -0.146. The van der Waals surface area contributed by atoms with Crippen molar-refractivity contribution in [3.8, 4) is 0 Å². The summed E-state index contributed by atoms with van der Waals surface area (Å²) in [5, 5.41) is 2.83. The summed E-state index contributed by atoms with van der Waals surface area (Å²) in [7, 11) is 0. The van der Waals surface area contributed by atoms with E-state index in [-0.39, 0.29) is 28.8 Å². The van der Waals surface area contributed by atoms with Crippen molar-refractivity contribution < 1.29 is 27.6 Å². The molecule has 1 saturated heterocycles. The first-order valence-electron chi connectivity index (χ1n) is 7.90. The van der Waals surface area contributed by atoms with Crippen molar-refractivity contribution in [2.75, 3.05) is 5.32 Å². The van der Waals surface area contributed by atoms with Crippen molar-refractivity contribution in [3.63, 3.8) is 0 Å². The van der Waals surface area contributed by atoms with Gasteiger partial charge in [0.1, 0.15) is 6.04 Å². The molecule has 1 aromatic heterocycles. The summed E-state index contributed by atoms with van der Waals surface area (Å²) >= 11 is 0.635. The minimum atomic E-state index is -4.60. The number of rotatable bonds is 3. The zero-order valence-electron chi connectivity index (χ0n) is 13.3. The Bertz CT molecular complexity index is 694. The molecule has 3 rings (SSSR count). The molecule has 0 bridgehead atoms. The number of likely N-dealkylation sites (tertiary alicyclic amines) is 1. The molecule has 0 radical (unpaired) electrons. The molecule has 0 spiro atoms. The topological polar surface area (TPSA) is 79.4 Å². The third-order valence-electron chi connectivity index (χ3n) is 4.67. The number of fused-ring (bicyclic) bond motifs is 1. The Labute approximate surface area is 145 Å². The van der Waals surface area contributed by atoms with E-state index in [0.717, 1.165) is 23.1 Å². The lowest BCUT2D eigenvalue weighted by Gasteiger charge is -2.21. The van der Waals surface area contributed by atoms with Crippen molar-refractivity contribution in [1.82, 2.24) is 9.88 Å². The van der Waals surface area contributed by atoms with E-state index in [1.165, 1.54) is 6.92 Å². The van der Waals surface area contributed by atoms with Gasteiger partial charge in [-0.25, -0.2) is 4.98 Å². The lowest BCUT2D eigenvalue weighted by Crippen LogP contribution is -2.46. The molecule has 2 aliphatic rings. The Balaban J connectivity index is 1.71. The van der Waals surface area contributed by atoms with Crippen molar-refractivity contribution >= 4 is 34.2 Å². The van der Waals surface area contributed by atoms with Gasteiger partial charge in [-0.05, 0) is 19.8 Å². The van der Waals surface area contributed by atoms with Crippen LogP contribution in [-0.2, 0) is 20.6 Å². The number of hydrogen-bond donors (Lipinski definition) is 1. The van der Waals surface area contributed by atoms with E-state index < -0.39 is 23.8 Å². The molecule has 10 heteroatoms. The Morgan fingerprint density at radius 2 is 1.84 bits per heavy atom. The summed E-state index contributed by atoms with van der Waals surface area (Å²) in [5.74, 6) is -2.23. The van der Waals surface area contributed by atoms with Gasteiger partial charge in [-0.15, -0.1) is 11.3 Å². The largest absolute Gasteiger partial charge is 0.434 e. The fourth-order valence-corrected chi connectivity index (χ4v) is 4.08. The van der Waals surface area contributed by atoms with E-state index in [2.05, 4.69) is 10.3 Å². The summed E-state index contributed by atoms with van der Waals surface area (Å²) in [6.07, 6.45) is -1.60. The first-order chi connectivity index (χ1) is 11.7. The van der Waals surface area contributed by atoms with Gasteiger partial charge in [0, 0.05) is 5.38 Å². The minimum absolute atomic E-state index is 0.222. The fraction of sp³-hybridized carbons (Fsp3) is 0.600. The molecule has 1 saturated carbocycles. The highest BCUT2D eigenvalue weighted by atomic mass is 32.1. The first-order valence-corrected chi connectivity index (χ1v) is 8.78. The van der Waals surface area contributed by atoms with Gasteiger partial charge in [0.2, 0.25) is 17.7 Å². The van der Waals surface area contributed by atoms with Gasteiger partial charge in [-0.1, -0.05) is 12.8 Å². The van der Waals surface area contributed by atoms with Gasteiger partial charge in [0.15, 0.2) is 10.8 Å². The van der Waals surface area contributed by atoms with E-state index in [9.17, 15) is 27.6 Å². The van der Waals surface area contributed by atoms with Gasteiger partial charge < -0.3 is 5.32 Å². The summed E-state index contributed by atoms with van der Waals surface area (Å²) in [4.78, 5) is 41.4. The molecule has 1 aliphatic heterocycles. The number of anilines is 1. The van der Waals surface area contributed by atoms with E-state index in [4.69, 9.17) is 0 Å². The number of imide groups is 1. The molecule has 1 aromatic rings. The SMILES string of the molecule is CC(C(=O)Nc1nc(C(F)(F)F)cs1)N1C(=O)C2CCCCC2C1=O. The van der Waals surface area contributed by atoms with Gasteiger partial charge in [0.25, 0.3) is 0 Å². The van der Waals surface area contributed by atoms with Crippen molar-refractivity contribution in [2.45, 2.75) is 44.8 Å². The van der Waals surface area contributed by atoms with Crippen molar-refractivity contribution in [2.24, 2.45) is 11.8 Å². The number of amides is 3. The minimum Gasteiger partial charge on any atom is -0.300 e. The molecule has 3 amide bonds. The molecule has 2 fully saturated rings. The van der Waals surface area contributed by atoms with Gasteiger partial charge in [-0.3, -0.25) is 19.3 Å². The molecule has 6 nitrogen and oxygen atoms in total. The highest BCUT2D eigenvalue weighted by Crippen LogP contribution is 2.39. The number of aromatic nitrogens is 1. The first kappa shape index (κ1) is 17.8. The molecule has 25 heavy (non-hydrogen) atoms. The number of thiazole rings is 1. The van der Waals surface area contributed by atoms with E-state index in [1.807, 2.05) is 0 Å². The van der Waals surface area contributed by atoms with Crippen LogP contribution >= 0.6 is 11.3 Å². The maximum atomic E-state index is 12.5. The predicted octanol–water partition coefficient (Wildman–Crippen LogP) is 2.66. The van der Waals surface area contributed by atoms with Gasteiger partial charge in [0.05, 0.1) is 11.8 Å². The summed E-state index contributed by atoms with van der Waals surface area (Å²) < 4.78 is 37.6. The van der Waals surface area contributed by atoms with Crippen LogP contribution in [0.5, 0.6) is 0 Å². The molecule has 136 valence electrons. The monoisotopic (exact) mass is 375 g/mol. The van der Waals surface area contributed by atoms with Gasteiger partial charge in [-0.2, -0.15) is 13.2 Å². The second kappa shape index (κ2) is 6.40. The fourth-order valence-electron chi connectivity index (χ4n) is 3.36. The van der Waals surface area contributed by atoms with Crippen LogP contribution in [0.1, 0.15) is 38.3 Å². The Morgan fingerprint density at radius 3 is 2.32 bits per heavy atom. The number of carbonyl (C=O) groups is 3. The normalized spacial score (nSPS) is 25.0. The Kier molecular flexibility index (Phi) is 4.56. The third-order valence-corrected chi connectivity index (χ3v) is 5.42. The second-order valence-electron chi connectivity index (χ2n) is 6.24. The second-order valence-corrected chi connectivity index (χ2v) is 7.10. The molecular weight excluding hydrogens is 359 g/mol. The van der Waals surface area contributed by atoms with E-state index in [0.29, 0.717) is 24.2 Å². The molecular formula is C15H16F3N3O3S. The molecule has 0 aromatic carbocycles. The maximum Gasteiger partial charge on any atom is 0.434 e. The standard InChI is InChI=1S/C15H16F3N3O3S/c1-7(11(22)20-14-19-10(6-25-14)15(16,17)18)21-12(23)8-4-2-3-5-9(8)13(21)24/h6-9H,2-5H2,1H3,(H,19,20,22). The van der Waals surface area contributed by atoms with Crippen molar-refractivity contribution in [1.29, 1.82) is 0 Å². The smallest absolute Gasteiger partial charge is 0.300 e. The highest BCUT2D eigenvalue weighted by molar-refractivity contribution is 7.13. The van der Waals surface area contributed by atoms with Crippen LogP contribution in [0.15, 0.2) is 5.38 Å². The quantitative estimate of drug-likeness (QED) is 0.824. The zero-order chi connectivity index (χ0) is 18.4. The van der Waals surface area contributed by atoms with Crippen LogP contribution in [0.25, 0.3) is 0 Å². The molecule has 1 aliphatic carbocycles. The third kappa shape index (κ3) is 3.26. The van der Waals surface area contributed by atoms with Crippen LogP contribution in [0.2, 0.25) is 0 Å². The number of hydrogen-bond acceptors (Lipinski definition) is 5. The van der Waals surface area contributed by atoms with E-state index in [1.54, 1.807) is 0 Å². The molecule has 3 unspecified atom stereocenters. The summed E-state index contributed by atoms with van der Waals surface area (Å²) in [5.41, 5.74) is -1.10. The lowest BCUT2D eigenvalue weighted by atomic mass is 9.81. The zero-order valence-corrected chi connectivity index (χ0v) is 14.1. The highest BCUT2D eigenvalue weighted by Gasteiger charge is 2.50. The molecule has 3 atom stereocenters. The number of carbonyl (C=O) groups excluding carboxylic acids is 3. The van der Waals surface area contributed by atoms with Gasteiger partial charge >= 0.3 is 6.18 Å². The molecule has 2 heterocycles. The summed E-state index contributed by atoms with van der Waals surface area (Å²) in [6.45, 7) is 1.39. The number of halogens is 3. The average molecular weight is 375 g/mol. The Hall–Kier alpha value is -1.97.